The quantitative estimate of drug-likeness (QED) is 0.489. The zero-order valence-electron chi connectivity index (χ0n) is 6.62. The van der Waals surface area contributed by atoms with Crippen LogP contribution in [-0.4, -0.2) is 12.5 Å². The topological polar surface area (TPSA) is 29.1 Å². The van der Waals surface area contributed by atoms with Crippen molar-refractivity contribution < 1.29 is 4.79 Å². The Morgan fingerprint density at radius 1 is 1.44 bits per heavy atom. The van der Waals surface area contributed by atoms with Crippen LogP contribution in [0.15, 0.2) is 0 Å². The van der Waals surface area contributed by atoms with E-state index in [1.54, 1.807) is 0 Å². The molecule has 0 aliphatic carbocycles. The van der Waals surface area contributed by atoms with Gasteiger partial charge in [0.05, 0.1) is 5.41 Å². The molecule has 1 amide bonds. The van der Waals surface area contributed by atoms with E-state index >= 15 is 0 Å². The number of hydrogen-bond donors (Lipinski definition) is 1. The smallest absolute Gasteiger partial charge is 0.227 e. The minimum atomic E-state index is -0.0694. The van der Waals surface area contributed by atoms with Crippen molar-refractivity contribution in [2.24, 2.45) is 5.41 Å². The van der Waals surface area contributed by atoms with Crippen molar-refractivity contribution in [3.05, 3.63) is 0 Å². The molecule has 1 fully saturated rings. The SMILES string of the molecule is CC.CC1(C)CNC1=O. The number of amides is 1. The van der Waals surface area contributed by atoms with Crippen molar-refractivity contribution in [3.63, 3.8) is 0 Å². The zero-order chi connectivity index (χ0) is 7.49. The third kappa shape index (κ3) is 1.70. The maximum Gasteiger partial charge on any atom is 0.227 e. The Kier molecular flexibility index (Phi) is 2.68. The molecular weight excluding hydrogens is 114 g/mol. The van der Waals surface area contributed by atoms with Crippen LogP contribution >= 0.6 is 0 Å². The van der Waals surface area contributed by atoms with E-state index in [0.717, 1.165) is 6.54 Å². The van der Waals surface area contributed by atoms with Gasteiger partial charge in [0, 0.05) is 6.54 Å². The predicted molar refractivity (Wildman–Crippen MR) is 38.1 cm³/mol. The molecule has 0 aromatic rings. The van der Waals surface area contributed by atoms with Crippen molar-refractivity contribution in [1.29, 1.82) is 0 Å². The van der Waals surface area contributed by atoms with Crippen LogP contribution in [0.3, 0.4) is 0 Å². The van der Waals surface area contributed by atoms with Crippen LogP contribution in [0.5, 0.6) is 0 Å². The van der Waals surface area contributed by atoms with Crippen LogP contribution in [0, 0.1) is 5.41 Å². The first-order chi connectivity index (χ1) is 4.13. The van der Waals surface area contributed by atoms with Crippen molar-refractivity contribution in [2.75, 3.05) is 6.54 Å². The van der Waals surface area contributed by atoms with Crippen LogP contribution in [0.25, 0.3) is 0 Å². The standard InChI is InChI=1S/C5H9NO.C2H6/c1-5(2)3-6-4(5)7;1-2/h3H2,1-2H3,(H,6,7);1-2H3. The van der Waals surface area contributed by atoms with Gasteiger partial charge in [-0.2, -0.15) is 0 Å². The molecule has 0 aromatic heterocycles. The van der Waals surface area contributed by atoms with Gasteiger partial charge in [-0.3, -0.25) is 4.79 Å². The number of rotatable bonds is 0. The fourth-order valence-electron chi connectivity index (χ4n) is 0.514. The molecule has 1 heterocycles. The van der Waals surface area contributed by atoms with Crippen LogP contribution < -0.4 is 5.32 Å². The molecule has 1 aliphatic rings. The summed E-state index contributed by atoms with van der Waals surface area (Å²) in [7, 11) is 0. The van der Waals surface area contributed by atoms with Crippen LogP contribution in [0.4, 0.5) is 0 Å². The Balaban J connectivity index is 0.000000291. The molecule has 0 radical (unpaired) electrons. The molecule has 0 unspecified atom stereocenters. The molecule has 9 heavy (non-hydrogen) atoms. The minimum Gasteiger partial charge on any atom is -0.355 e. The van der Waals surface area contributed by atoms with Gasteiger partial charge in [0.15, 0.2) is 0 Å². The highest BCUT2D eigenvalue weighted by Crippen LogP contribution is 2.20. The zero-order valence-corrected chi connectivity index (χ0v) is 6.62. The largest absolute Gasteiger partial charge is 0.355 e. The lowest BCUT2D eigenvalue weighted by Gasteiger charge is -2.33. The third-order valence-corrected chi connectivity index (χ3v) is 1.31. The lowest BCUT2D eigenvalue weighted by molar-refractivity contribution is -0.137. The first-order valence-electron chi connectivity index (χ1n) is 3.41. The van der Waals surface area contributed by atoms with E-state index in [1.807, 2.05) is 27.7 Å². The van der Waals surface area contributed by atoms with E-state index in [4.69, 9.17) is 0 Å². The summed E-state index contributed by atoms with van der Waals surface area (Å²) in [5.74, 6) is 0.174. The molecule has 0 aromatic carbocycles. The van der Waals surface area contributed by atoms with Crippen molar-refractivity contribution >= 4 is 5.91 Å². The Labute approximate surface area is 56.6 Å². The molecule has 1 aliphatic heterocycles. The van der Waals surface area contributed by atoms with Crippen LogP contribution in [0.2, 0.25) is 0 Å². The van der Waals surface area contributed by atoms with Gasteiger partial charge in [0.1, 0.15) is 0 Å². The summed E-state index contributed by atoms with van der Waals surface area (Å²) < 4.78 is 0. The summed E-state index contributed by atoms with van der Waals surface area (Å²) in [5.41, 5.74) is -0.0694. The van der Waals surface area contributed by atoms with Gasteiger partial charge in [-0.1, -0.05) is 13.8 Å². The van der Waals surface area contributed by atoms with Crippen LogP contribution in [-0.2, 0) is 4.79 Å². The fourth-order valence-corrected chi connectivity index (χ4v) is 0.514. The lowest BCUT2D eigenvalue weighted by atomic mass is 9.86. The van der Waals surface area contributed by atoms with E-state index in [9.17, 15) is 4.79 Å². The Hall–Kier alpha value is -0.530. The predicted octanol–water partition coefficient (Wildman–Crippen LogP) is 1.17. The maximum atomic E-state index is 10.4. The summed E-state index contributed by atoms with van der Waals surface area (Å²) in [4.78, 5) is 10.4. The second-order valence-corrected chi connectivity index (χ2v) is 2.57. The Bertz CT molecular complexity index is 107. The molecule has 1 N–H and O–H groups in total. The maximum absolute atomic E-state index is 10.4. The minimum absolute atomic E-state index is 0.0694. The molecule has 2 nitrogen and oxygen atoms in total. The van der Waals surface area contributed by atoms with Gasteiger partial charge < -0.3 is 5.32 Å². The normalized spacial score (nSPS) is 20.7. The first-order valence-corrected chi connectivity index (χ1v) is 3.41. The number of nitrogens with one attached hydrogen (secondary N) is 1. The van der Waals surface area contributed by atoms with E-state index in [-0.39, 0.29) is 11.3 Å². The van der Waals surface area contributed by atoms with Gasteiger partial charge in [-0.05, 0) is 13.8 Å². The van der Waals surface area contributed by atoms with E-state index < -0.39 is 0 Å². The van der Waals surface area contributed by atoms with E-state index in [1.165, 1.54) is 0 Å². The van der Waals surface area contributed by atoms with Crippen molar-refractivity contribution in [2.45, 2.75) is 27.7 Å². The van der Waals surface area contributed by atoms with Gasteiger partial charge in [-0.15, -0.1) is 0 Å². The summed E-state index contributed by atoms with van der Waals surface area (Å²) in [6.07, 6.45) is 0. The average Bonchev–Trinajstić information content (AvgIpc) is 1.90. The lowest BCUT2D eigenvalue weighted by Crippen LogP contribution is -2.55. The Morgan fingerprint density at radius 3 is 1.78 bits per heavy atom. The van der Waals surface area contributed by atoms with E-state index in [2.05, 4.69) is 5.32 Å². The van der Waals surface area contributed by atoms with Gasteiger partial charge in [0.2, 0.25) is 5.91 Å². The number of carbonyl (C=O) groups is 1. The molecule has 1 saturated heterocycles. The Morgan fingerprint density at radius 2 is 1.78 bits per heavy atom. The number of β-lactam (4-membered cyclic amide) rings is 1. The average molecular weight is 129 g/mol. The molecule has 0 saturated carbocycles. The van der Waals surface area contributed by atoms with Gasteiger partial charge >= 0.3 is 0 Å². The molecule has 0 bridgehead atoms. The van der Waals surface area contributed by atoms with Crippen molar-refractivity contribution in [3.8, 4) is 0 Å². The molecule has 2 heteroatoms. The molecular formula is C7H15NO. The molecule has 1 rings (SSSR count). The fraction of sp³-hybridized carbons (Fsp3) is 0.857. The molecule has 54 valence electrons. The van der Waals surface area contributed by atoms with Crippen LogP contribution in [0.1, 0.15) is 27.7 Å². The first kappa shape index (κ1) is 8.47. The molecule has 0 atom stereocenters. The highest BCUT2D eigenvalue weighted by molar-refractivity contribution is 5.87. The summed E-state index contributed by atoms with van der Waals surface area (Å²) in [5, 5.41) is 2.66. The second-order valence-electron chi connectivity index (χ2n) is 2.57. The third-order valence-electron chi connectivity index (χ3n) is 1.31. The van der Waals surface area contributed by atoms with E-state index in [0.29, 0.717) is 0 Å². The van der Waals surface area contributed by atoms with Gasteiger partial charge in [-0.25, -0.2) is 0 Å². The second kappa shape index (κ2) is 2.85. The number of carbonyl (C=O) groups excluding carboxylic acids is 1. The summed E-state index contributed by atoms with van der Waals surface area (Å²) in [6, 6.07) is 0. The number of hydrogen-bond acceptors (Lipinski definition) is 1. The van der Waals surface area contributed by atoms with Crippen molar-refractivity contribution in [1.82, 2.24) is 5.32 Å². The van der Waals surface area contributed by atoms with Gasteiger partial charge in [0.25, 0.3) is 0 Å². The summed E-state index contributed by atoms with van der Waals surface area (Å²) in [6.45, 7) is 8.71. The molecule has 0 spiro atoms. The summed E-state index contributed by atoms with van der Waals surface area (Å²) >= 11 is 0. The monoisotopic (exact) mass is 129 g/mol. The highest BCUT2D eigenvalue weighted by atomic mass is 16.2. The highest BCUT2D eigenvalue weighted by Gasteiger charge is 2.35.